The lowest BCUT2D eigenvalue weighted by Gasteiger charge is -2.15. The van der Waals surface area contributed by atoms with E-state index in [0.717, 1.165) is 24.5 Å². The summed E-state index contributed by atoms with van der Waals surface area (Å²) in [6.07, 6.45) is 3.37. The minimum atomic E-state index is 0.542. The van der Waals surface area contributed by atoms with Crippen molar-refractivity contribution < 1.29 is 0 Å². The van der Waals surface area contributed by atoms with Crippen molar-refractivity contribution in [3.05, 3.63) is 54.1 Å². The van der Waals surface area contributed by atoms with Gasteiger partial charge in [-0.2, -0.15) is 10.1 Å². The minimum absolute atomic E-state index is 0.542. The van der Waals surface area contributed by atoms with Crippen LogP contribution >= 0.6 is 0 Å². The molecule has 0 radical (unpaired) electrons. The van der Waals surface area contributed by atoms with E-state index in [1.54, 1.807) is 0 Å². The largest absolute Gasteiger partial charge is 0.330 e. The number of nitrogens with one attached hydrogen (secondary N) is 2. The van der Waals surface area contributed by atoms with Gasteiger partial charge >= 0.3 is 0 Å². The average Bonchev–Trinajstić information content (AvgIpc) is 3.10. The summed E-state index contributed by atoms with van der Waals surface area (Å²) in [4.78, 5) is 15.0. The van der Waals surface area contributed by atoms with E-state index in [9.17, 15) is 0 Å². The van der Waals surface area contributed by atoms with Crippen molar-refractivity contribution in [3.8, 4) is 0 Å². The molecule has 0 aliphatic carbocycles. The van der Waals surface area contributed by atoms with E-state index in [4.69, 9.17) is 0 Å². The number of nitrogens with zero attached hydrogens (tertiary/aromatic N) is 5. The smallest absolute Gasteiger partial charge is 0.231 e. The van der Waals surface area contributed by atoms with Crippen LogP contribution in [0.1, 0.15) is 11.3 Å². The van der Waals surface area contributed by atoms with Gasteiger partial charge in [-0.3, -0.25) is 5.10 Å². The number of fused-ring (bicyclic) bond motifs is 1. The molecule has 0 saturated heterocycles. The van der Waals surface area contributed by atoms with Crippen LogP contribution in [0.4, 0.5) is 17.6 Å². The van der Waals surface area contributed by atoms with E-state index in [1.165, 1.54) is 11.9 Å². The Morgan fingerprint density at radius 2 is 2.00 bits per heavy atom. The first kappa shape index (κ1) is 11.8. The van der Waals surface area contributed by atoms with Crippen molar-refractivity contribution in [1.29, 1.82) is 0 Å². The molecule has 0 saturated carbocycles. The molecule has 1 aromatic carbocycles. The minimum Gasteiger partial charge on any atom is -0.330 e. The summed E-state index contributed by atoms with van der Waals surface area (Å²) in [5, 5.41) is 10.2. The molecule has 3 heterocycles. The maximum Gasteiger partial charge on any atom is 0.231 e. The molecule has 0 fully saturated rings. The molecule has 2 N–H and O–H groups in total. The summed E-state index contributed by atoms with van der Waals surface area (Å²) < 4.78 is 0. The zero-order chi connectivity index (χ0) is 14.1. The van der Waals surface area contributed by atoms with Crippen LogP contribution in [-0.2, 0) is 13.1 Å². The molecule has 7 heteroatoms. The molecular formula is C14H13N7. The Kier molecular flexibility index (Phi) is 2.74. The summed E-state index contributed by atoms with van der Waals surface area (Å²) >= 11 is 0. The van der Waals surface area contributed by atoms with Crippen molar-refractivity contribution in [3.63, 3.8) is 0 Å². The molecule has 0 bridgehead atoms. The van der Waals surface area contributed by atoms with Crippen molar-refractivity contribution in [2.75, 3.05) is 10.2 Å². The molecule has 0 unspecified atom stereocenters. The Bertz CT molecular complexity index is 732. The number of hydrogen-bond acceptors (Lipinski definition) is 6. The third-order valence-electron chi connectivity index (χ3n) is 3.39. The molecule has 0 spiro atoms. The van der Waals surface area contributed by atoms with Gasteiger partial charge in [-0.25, -0.2) is 9.97 Å². The number of para-hydroxylation sites is 1. The number of benzene rings is 1. The van der Waals surface area contributed by atoms with Crippen LogP contribution in [0, 0.1) is 0 Å². The van der Waals surface area contributed by atoms with E-state index in [1.807, 2.05) is 36.5 Å². The quantitative estimate of drug-likeness (QED) is 0.761. The highest BCUT2D eigenvalue weighted by Gasteiger charge is 2.23. The van der Waals surface area contributed by atoms with Gasteiger partial charge in [0.25, 0.3) is 0 Å². The predicted molar refractivity (Wildman–Crippen MR) is 78.0 cm³/mol. The monoisotopic (exact) mass is 279 g/mol. The summed E-state index contributed by atoms with van der Waals surface area (Å²) in [7, 11) is 0. The molecule has 104 valence electrons. The molecule has 1 aliphatic heterocycles. The van der Waals surface area contributed by atoms with Crippen LogP contribution < -0.4 is 10.2 Å². The van der Waals surface area contributed by atoms with Crippen molar-refractivity contribution in [2.24, 2.45) is 0 Å². The molecule has 0 amide bonds. The maximum atomic E-state index is 4.47. The third kappa shape index (κ3) is 2.29. The van der Waals surface area contributed by atoms with Gasteiger partial charge in [0, 0.05) is 17.8 Å². The number of hydrogen-bond donors (Lipinski definition) is 2. The number of aromatic nitrogens is 5. The normalized spacial score (nSPS) is 13.2. The molecular weight excluding hydrogens is 266 g/mol. The first-order valence-electron chi connectivity index (χ1n) is 6.66. The van der Waals surface area contributed by atoms with Gasteiger partial charge in [0.1, 0.15) is 6.33 Å². The van der Waals surface area contributed by atoms with Gasteiger partial charge in [0.05, 0.1) is 18.4 Å². The average molecular weight is 279 g/mol. The lowest BCUT2D eigenvalue weighted by atomic mass is 10.3. The lowest BCUT2D eigenvalue weighted by molar-refractivity contribution is 0.796. The summed E-state index contributed by atoms with van der Waals surface area (Å²) in [6, 6.07) is 9.83. The third-order valence-corrected chi connectivity index (χ3v) is 3.39. The Morgan fingerprint density at radius 3 is 2.86 bits per heavy atom. The molecule has 0 atom stereocenters. The number of rotatable bonds is 3. The highest BCUT2D eigenvalue weighted by atomic mass is 15.3. The van der Waals surface area contributed by atoms with Gasteiger partial charge in [-0.15, -0.1) is 0 Å². The maximum absolute atomic E-state index is 4.47. The molecule has 1 aliphatic rings. The topological polar surface area (TPSA) is 82.6 Å². The highest BCUT2D eigenvalue weighted by Crippen LogP contribution is 2.24. The Morgan fingerprint density at radius 1 is 1.10 bits per heavy atom. The van der Waals surface area contributed by atoms with Gasteiger partial charge in [-0.1, -0.05) is 18.2 Å². The van der Waals surface area contributed by atoms with Crippen molar-refractivity contribution >= 4 is 17.6 Å². The molecule has 21 heavy (non-hydrogen) atoms. The molecule has 2 aromatic heterocycles. The fraction of sp³-hybridized carbons (Fsp3) is 0.143. The van der Waals surface area contributed by atoms with Crippen LogP contribution in [0.3, 0.4) is 0 Å². The van der Waals surface area contributed by atoms with Crippen molar-refractivity contribution in [1.82, 2.24) is 25.1 Å². The first-order chi connectivity index (χ1) is 10.4. The fourth-order valence-electron chi connectivity index (χ4n) is 2.36. The van der Waals surface area contributed by atoms with E-state index < -0.39 is 0 Å². The van der Waals surface area contributed by atoms with Gasteiger partial charge in [-0.05, 0) is 12.1 Å². The van der Waals surface area contributed by atoms with Crippen LogP contribution in [0.2, 0.25) is 0 Å². The summed E-state index contributed by atoms with van der Waals surface area (Å²) in [5.41, 5.74) is 3.26. The second-order valence-corrected chi connectivity index (χ2v) is 4.83. The van der Waals surface area contributed by atoms with Gasteiger partial charge in [0.15, 0.2) is 0 Å². The molecule has 7 nitrogen and oxygen atoms in total. The summed E-state index contributed by atoms with van der Waals surface area (Å²) in [6.45, 7) is 1.50. The van der Waals surface area contributed by atoms with Crippen LogP contribution in [-0.4, -0.2) is 25.1 Å². The van der Waals surface area contributed by atoms with Crippen LogP contribution in [0.15, 0.2) is 42.9 Å². The Balaban J connectivity index is 1.55. The number of H-pyrrole nitrogens is 1. The van der Waals surface area contributed by atoms with E-state index in [-0.39, 0.29) is 0 Å². The zero-order valence-electron chi connectivity index (χ0n) is 11.2. The predicted octanol–water partition coefficient (Wildman–Crippen LogP) is 1.86. The fourth-order valence-corrected chi connectivity index (χ4v) is 2.36. The SMILES string of the molecule is c1ccc(Nc2ncnc(N3Cc4cn[nH]c4C3)n2)cc1. The highest BCUT2D eigenvalue weighted by molar-refractivity contribution is 5.53. The second-order valence-electron chi connectivity index (χ2n) is 4.83. The molecule has 3 aromatic rings. The van der Waals surface area contributed by atoms with Crippen molar-refractivity contribution in [2.45, 2.75) is 13.1 Å². The lowest BCUT2D eigenvalue weighted by Crippen LogP contribution is -2.19. The van der Waals surface area contributed by atoms with Crippen LogP contribution in [0.5, 0.6) is 0 Å². The standard InChI is InChI=1S/C14H13N7/c1-2-4-11(5-3-1)18-13-15-9-16-14(19-13)21-7-10-6-17-20-12(10)8-21/h1-6,9H,7-8H2,(H,17,20)(H,15,16,18,19). The van der Waals surface area contributed by atoms with E-state index in [0.29, 0.717) is 11.9 Å². The number of aromatic amines is 1. The first-order valence-corrected chi connectivity index (χ1v) is 6.66. The molecule has 4 rings (SSSR count). The van der Waals surface area contributed by atoms with Gasteiger partial charge < -0.3 is 10.2 Å². The summed E-state index contributed by atoms with van der Waals surface area (Å²) in [5.74, 6) is 1.20. The van der Waals surface area contributed by atoms with E-state index in [2.05, 4.69) is 35.4 Å². The van der Waals surface area contributed by atoms with E-state index >= 15 is 0 Å². The second kappa shape index (κ2) is 4.86. The number of anilines is 3. The Labute approximate surface area is 121 Å². The zero-order valence-corrected chi connectivity index (χ0v) is 11.2. The van der Waals surface area contributed by atoms with Crippen LogP contribution in [0.25, 0.3) is 0 Å². The van der Waals surface area contributed by atoms with Gasteiger partial charge in [0.2, 0.25) is 11.9 Å². The Hall–Kier alpha value is -2.96.